The highest BCUT2D eigenvalue weighted by Gasteiger charge is 2.50. The maximum atomic E-state index is 12.4. The number of aromatic nitrogens is 1. The molecular weight excluding hydrogens is 316 g/mol. The van der Waals surface area contributed by atoms with E-state index in [9.17, 15) is 4.79 Å². The number of pyridine rings is 1. The second-order valence-corrected chi connectivity index (χ2v) is 6.04. The summed E-state index contributed by atoms with van der Waals surface area (Å²) in [6, 6.07) is 11.9. The number of carbonyl (C=O) groups excluding carboxylic acids is 1. The van der Waals surface area contributed by atoms with E-state index in [1.807, 2.05) is 36.4 Å². The van der Waals surface area contributed by atoms with Crippen LogP contribution >= 0.6 is 15.9 Å². The molecule has 0 spiro atoms. The Balaban J connectivity index is 1.69. The van der Waals surface area contributed by atoms with Crippen LogP contribution in [0.5, 0.6) is 0 Å². The first-order valence-corrected chi connectivity index (χ1v) is 7.43. The molecule has 4 heteroatoms. The number of nitrogens with one attached hydrogen (secondary N) is 1. The molecule has 1 N–H and O–H groups in total. The van der Waals surface area contributed by atoms with Crippen LogP contribution in [0.2, 0.25) is 0 Å². The van der Waals surface area contributed by atoms with Crippen molar-refractivity contribution in [2.45, 2.75) is 24.8 Å². The van der Waals surface area contributed by atoms with Crippen molar-refractivity contribution < 1.29 is 4.79 Å². The van der Waals surface area contributed by atoms with Gasteiger partial charge in [-0.1, -0.05) is 28.1 Å². The zero-order chi connectivity index (χ0) is 14.0. The quantitative estimate of drug-likeness (QED) is 0.935. The van der Waals surface area contributed by atoms with Crippen LogP contribution in [0.25, 0.3) is 0 Å². The average molecular weight is 331 g/mol. The van der Waals surface area contributed by atoms with Crippen LogP contribution in [0.3, 0.4) is 0 Å². The third-order valence-corrected chi connectivity index (χ3v) is 4.31. The molecule has 1 aromatic heterocycles. The first kappa shape index (κ1) is 13.3. The van der Waals surface area contributed by atoms with Gasteiger partial charge in [-0.25, -0.2) is 0 Å². The lowest BCUT2D eigenvalue weighted by Crippen LogP contribution is -2.34. The van der Waals surface area contributed by atoms with Gasteiger partial charge in [-0.15, -0.1) is 0 Å². The minimum Gasteiger partial charge on any atom is -0.351 e. The molecular formula is C16H15BrN2O. The van der Waals surface area contributed by atoms with Crippen molar-refractivity contribution in [1.29, 1.82) is 0 Å². The number of benzene rings is 1. The third kappa shape index (κ3) is 2.61. The molecule has 0 radical (unpaired) electrons. The lowest BCUT2D eigenvalue weighted by atomic mass is 9.95. The topological polar surface area (TPSA) is 42.0 Å². The van der Waals surface area contributed by atoms with E-state index in [4.69, 9.17) is 0 Å². The van der Waals surface area contributed by atoms with Gasteiger partial charge in [0.1, 0.15) is 0 Å². The Hall–Kier alpha value is -1.68. The van der Waals surface area contributed by atoms with Gasteiger partial charge in [-0.05, 0) is 48.2 Å². The van der Waals surface area contributed by atoms with E-state index >= 15 is 0 Å². The standard InChI is InChI=1S/C16H15BrN2O/c17-14-3-1-13(2-4-14)16(7-8-16)15(20)19-11-12-5-9-18-10-6-12/h1-6,9-10H,7-8,11H2,(H,19,20). The van der Waals surface area contributed by atoms with Crippen LogP contribution in [-0.4, -0.2) is 10.9 Å². The number of carbonyl (C=O) groups is 1. The fourth-order valence-corrected chi connectivity index (χ4v) is 2.66. The number of nitrogens with zero attached hydrogens (tertiary/aromatic N) is 1. The predicted octanol–water partition coefficient (Wildman–Crippen LogP) is 3.19. The molecule has 1 aliphatic rings. The Morgan fingerprint density at radius 1 is 1.15 bits per heavy atom. The predicted molar refractivity (Wildman–Crippen MR) is 81.1 cm³/mol. The summed E-state index contributed by atoms with van der Waals surface area (Å²) in [5, 5.41) is 3.04. The van der Waals surface area contributed by atoms with Crippen molar-refractivity contribution in [3.05, 3.63) is 64.4 Å². The van der Waals surface area contributed by atoms with Gasteiger partial charge in [-0.2, -0.15) is 0 Å². The largest absolute Gasteiger partial charge is 0.351 e. The summed E-state index contributed by atoms with van der Waals surface area (Å²) in [5.41, 5.74) is 1.86. The average Bonchev–Trinajstić information content (AvgIpc) is 3.28. The van der Waals surface area contributed by atoms with Crippen LogP contribution in [0, 0.1) is 0 Å². The zero-order valence-corrected chi connectivity index (χ0v) is 12.6. The van der Waals surface area contributed by atoms with Crippen LogP contribution in [-0.2, 0) is 16.8 Å². The minimum atomic E-state index is -0.312. The minimum absolute atomic E-state index is 0.122. The molecule has 0 aliphatic heterocycles. The smallest absolute Gasteiger partial charge is 0.230 e. The van der Waals surface area contributed by atoms with E-state index in [1.54, 1.807) is 12.4 Å². The SMILES string of the molecule is O=C(NCc1ccncc1)C1(c2ccc(Br)cc2)CC1. The molecule has 0 unspecified atom stereocenters. The fraction of sp³-hybridized carbons (Fsp3) is 0.250. The van der Waals surface area contributed by atoms with Gasteiger partial charge in [0.05, 0.1) is 5.41 Å². The summed E-state index contributed by atoms with van der Waals surface area (Å²) < 4.78 is 1.04. The summed E-state index contributed by atoms with van der Waals surface area (Å²) in [6.45, 7) is 0.555. The second kappa shape index (κ2) is 5.37. The normalized spacial score (nSPS) is 15.7. The molecule has 0 saturated heterocycles. The number of hydrogen-bond acceptors (Lipinski definition) is 2. The molecule has 1 heterocycles. The molecule has 1 aliphatic carbocycles. The van der Waals surface area contributed by atoms with E-state index in [0.717, 1.165) is 28.4 Å². The van der Waals surface area contributed by atoms with Gasteiger partial charge >= 0.3 is 0 Å². The first-order valence-electron chi connectivity index (χ1n) is 6.64. The van der Waals surface area contributed by atoms with E-state index in [0.29, 0.717) is 6.54 Å². The lowest BCUT2D eigenvalue weighted by molar-refractivity contribution is -0.123. The van der Waals surface area contributed by atoms with E-state index in [-0.39, 0.29) is 11.3 Å². The monoisotopic (exact) mass is 330 g/mol. The zero-order valence-electron chi connectivity index (χ0n) is 11.0. The highest BCUT2D eigenvalue weighted by atomic mass is 79.9. The number of hydrogen-bond donors (Lipinski definition) is 1. The summed E-state index contributed by atoms with van der Waals surface area (Å²) in [6.07, 6.45) is 5.33. The second-order valence-electron chi connectivity index (χ2n) is 5.13. The molecule has 3 nitrogen and oxygen atoms in total. The molecule has 102 valence electrons. The first-order chi connectivity index (χ1) is 9.71. The number of amides is 1. The van der Waals surface area contributed by atoms with Gasteiger partial charge in [0, 0.05) is 23.4 Å². The molecule has 1 fully saturated rings. The van der Waals surface area contributed by atoms with Gasteiger partial charge < -0.3 is 5.32 Å². The van der Waals surface area contributed by atoms with Gasteiger partial charge in [0.25, 0.3) is 0 Å². The highest BCUT2D eigenvalue weighted by molar-refractivity contribution is 9.10. The molecule has 20 heavy (non-hydrogen) atoms. The molecule has 1 saturated carbocycles. The van der Waals surface area contributed by atoms with Crippen LogP contribution in [0.15, 0.2) is 53.3 Å². The lowest BCUT2D eigenvalue weighted by Gasteiger charge is -2.16. The Bertz CT molecular complexity index is 606. The van der Waals surface area contributed by atoms with Gasteiger partial charge in [0.2, 0.25) is 5.91 Å². The fourth-order valence-electron chi connectivity index (χ4n) is 2.39. The van der Waals surface area contributed by atoms with Crippen molar-refractivity contribution in [1.82, 2.24) is 10.3 Å². The molecule has 0 atom stereocenters. The summed E-state index contributed by atoms with van der Waals surface area (Å²) in [4.78, 5) is 16.4. The van der Waals surface area contributed by atoms with Crippen molar-refractivity contribution in [3.63, 3.8) is 0 Å². The molecule has 1 amide bonds. The van der Waals surface area contributed by atoms with Crippen molar-refractivity contribution >= 4 is 21.8 Å². The maximum Gasteiger partial charge on any atom is 0.230 e. The van der Waals surface area contributed by atoms with Crippen molar-refractivity contribution in [2.24, 2.45) is 0 Å². The molecule has 3 rings (SSSR count). The summed E-state index contributed by atoms with van der Waals surface area (Å²) >= 11 is 3.42. The van der Waals surface area contributed by atoms with Crippen LogP contribution < -0.4 is 5.32 Å². The molecule has 1 aromatic carbocycles. The number of rotatable bonds is 4. The van der Waals surface area contributed by atoms with Crippen molar-refractivity contribution in [2.75, 3.05) is 0 Å². The van der Waals surface area contributed by atoms with Gasteiger partial charge in [-0.3, -0.25) is 9.78 Å². The van der Waals surface area contributed by atoms with Crippen LogP contribution in [0.4, 0.5) is 0 Å². The number of halogens is 1. The van der Waals surface area contributed by atoms with E-state index < -0.39 is 0 Å². The Morgan fingerprint density at radius 2 is 1.80 bits per heavy atom. The summed E-state index contributed by atoms with van der Waals surface area (Å²) in [5.74, 6) is 0.122. The molecule has 2 aromatic rings. The summed E-state index contributed by atoms with van der Waals surface area (Å²) in [7, 11) is 0. The van der Waals surface area contributed by atoms with E-state index in [2.05, 4.69) is 26.2 Å². The third-order valence-electron chi connectivity index (χ3n) is 3.78. The maximum absolute atomic E-state index is 12.4. The van der Waals surface area contributed by atoms with E-state index in [1.165, 1.54) is 0 Å². The van der Waals surface area contributed by atoms with Crippen LogP contribution in [0.1, 0.15) is 24.0 Å². The molecule has 0 bridgehead atoms. The highest BCUT2D eigenvalue weighted by Crippen LogP contribution is 2.48. The Labute approximate surface area is 126 Å². The Morgan fingerprint density at radius 3 is 2.40 bits per heavy atom. The van der Waals surface area contributed by atoms with Crippen molar-refractivity contribution in [3.8, 4) is 0 Å². The van der Waals surface area contributed by atoms with Gasteiger partial charge in [0.15, 0.2) is 0 Å². The Kier molecular flexibility index (Phi) is 3.57.